The predicted octanol–water partition coefficient (Wildman–Crippen LogP) is 1.81. The maximum atomic E-state index is 12.4. The first-order valence-corrected chi connectivity index (χ1v) is 10.2. The summed E-state index contributed by atoms with van der Waals surface area (Å²) in [5.74, 6) is 0.868. The number of fused-ring (bicyclic) bond motifs is 1. The number of H-pyrrole nitrogens is 3. The molecule has 0 aliphatic rings. The van der Waals surface area contributed by atoms with E-state index in [1.54, 1.807) is 6.20 Å². The summed E-state index contributed by atoms with van der Waals surface area (Å²) in [4.78, 5) is 47.1. The molecular weight excluding hydrogens is 432 g/mol. The van der Waals surface area contributed by atoms with Crippen LogP contribution in [-0.4, -0.2) is 36.2 Å². The van der Waals surface area contributed by atoms with Crippen LogP contribution in [0.15, 0.2) is 50.0 Å². The van der Waals surface area contributed by atoms with Crippen molar-refractivity contribution in [2.24, 2.45) is 0 Å². The van der Waals surface area contributed by atoms with Gasteiger partial charge in [0.25, 0.3) is 5.56 Å². The minimum atomic E-state index is -0.679. The molecule has 3 N–H and O–H groups in total. The van der Waals surface area contributed by atoms with E-state index < -0.39 is 16.9 Å². The molecule has 0 bridgehead atoms. The van der Waals surface area contributed by atoms with Crippen LogP contribution in [0.3, 0.4) is 0 Å². The molecule has 0 unspecified atom stereocenters. The molecule has 0 saturated heterocycles. The Morgan fingerprint density at radius 1 is 1.13 bits per heavy atom. The first-order valence-electron chi connectivity index (χ1n) is 8.81. The van der Waals surface area contributed by atoms with Crippen molar-refractivity contribution < 1.29 is 4.74 Å². The van der Waals surface area contributed by atoms with E-state index in [1.165, 1.54) is 0 Å². The molecule has 0 atom stereocenters. The second-order valence-electron chi connectivity index (χ2n) is 6.09. The highest BCUT2D eigenvalue weighted by Gasteiger charge is 2.14. The van der Waals surface area contributed by atoms with Gasteiger partial charge >= 0.3 is 11.4 Å². The van der Waals surface area contributed by atoms with Crippen LogP contribution in [0.2, 0.25) is 5.02 Å². The molecule has 4 aromatic rings. The SMILES string of the molecule is CCOc1ccc(-c2cnn3c(=O)[nH]c(SCc4[nH]c(=O)[nH]c(=O)c4Cl)nc23)cc1. The van der Waals surface area contributed by atoms with E-state index in [4.69, 9.17) is 16.3 Å². The normalized spacial score (nSPS) is 11.1. The summed E-state index contributed by atoms with van der Waals surface area (Å²) in [6.07, 6.45) is 1.56. The largest absolute Gasteiger partial charge is 0.494 e. The third-order valence-corrected chi connectivity index (χ3v) is 5.44. The zero-order valence-electron chi connectivity index (χ0n) is 15.6. The molecule has 3 heterocycles. The third kappa shape index (κ3) is 3.89. The molecule has 30 heavy (non-hydrogen) atoms. The number of thioether (sulfide) groups is 1. The maximum absolute atomic E-state index is 12.4. The second-order valence-corrected chi connectivity index (χ2v) is 7.43. The summed E-state index contributed by atoms with van der Waals surface area (Å²) in [6, 6.07) is 7.38. The first kappa shape index (κ1) is 20.0. The molecule has 4 rings (SSSR count). The highest BCUT2D eigenvalue weighted by molar-refractivity contribution is 7.98. The minimum absolute atomic E-state index is 0.120. The molecule has 1 aromatic carbocycles. The Labute approximate surface area is 177 Å². The molecule has 0 aliphatic carbocycles. The highest BCUT2D eigenvalue weighted by Crippen LogP contribution is 2.26. The van der Waals surface area contributed by atoms with Crippen LogP contribution in [0.25, 0.3) is 16.8 Å². The van der Waals surface area contributed by atoms with E-state index >= 15 is 0 Å². The van der Waals surface area contributed by atoms with Crippen LogP contribution in [0.1, 0.15) is 12.6 Å². The number of nitrogens with one attached hydrogen (secondary N) is 3. The molecule has 12 heteroatoms. The Kier molecular flexibility index (Phi) is 5.46. The van der Waals surface area contributed by atoms with Crippen LogP contribution in [0, 0.1) is 0 Å². The van der Waals surface area contributed by atoms with Crippen LogP contribution < -0.4 is 21.7 Å². The van der Waals surface area contributed by atoms with E-state index in [9.17, 15) is 14.4 Å². The fourth-order valence-corrected chi connectivity index (χ4v) is 3.84. The monoisotopic (exact) mass is 446 g/mol. The van der Waals surface area contributed by atoms with Crippen molar-refractivity contribution >= 4 is 29.0 Å². The number of halogens is 1. The second kappa shape index (κ2) is 8.20. The maximum Gasteiger partial charge on any atom is 0.350 e. The van der Waals surface area contributed by atoms with Gasteiger partial charge in [0.05, 0.1) is 18.5 Å². The van der Waals surface area contributed by atoms with Gasteiger partial charge < -0.3 is 9.72 Å². The topological polar surface area (TPSA) is 138 Å². The summed E-state index contributed by atoms with van der Waals surface area (Å²) >= 11 is 7.05. The van der Waals surface area contributed by atoms with E-state index in [2.05, 4.69) is 20.1 Å². The van der Waals surface area contributed by atoms with Gasteiger partial charge in [-0.1, -0.05) is 35.5 Å². The fourth-order valence-electron chi connectivity index (χ4n) is 2.79. The van der Waals surface area contributed by atoms with Gasteiger partial charge in [0.15, 0.2) is 10.8 Å². The quantitative estimate of drug-likeness (QED) is 0.384. The molecule has 0 radical (unpaired) electrons. The zero-order valence-corrected chi connectivity index (χ0v) is 17.1. The zero-order chi connectivity index (χ0) is 21.3. The Balaban J connectivity index is 1.68. The first-order chi connectivity index (χ1) is 14.5. The number of ether oxygens (including phenoxy) is 1. The van der Waals surface area contributed by atoms with Crippen molar-refractivity contribution in [3.63, 3.8) is 0 Å². The lowest BCUT2D eigenvalue weighted by molar-refractivity contribution is 0.340. The lowest BCUT2D eigenvalue weighted by atomic mass is 10.1. The highest BCUT2D eigenvalue weighted by atomic mass is 35.5. The summed E-state index contributed by atoms with van der Waals surface area (Å²) in [5, 5.41) is 4.27. The lowest BCUT2D eigenvalue weighted by Gasteiger charge is -2.05. The van der Waals surface area contributed by atoms with E-state index in [0.29, 0.717) is 17.8 Å². The average Bonchev–Trinajstić information content (AvgIpc) is 3.15. The molecule has 0 aliphatic heterocycles. The Bertz CT molecular complexity index is 1390. The fraction of sp³-hybridized carbons (Fsp3) is 0.167. The standard InChI is InChI=1S/C18H15ClN6O4S/c1-2-29-10-5-3-9(4-6-10)11-7-20-25-14(11)22-17(24-18(25)28)30-8-12-13(19)15(26)23-16(27)21-12/h3-7H,2,8H2,1H3,(H,22,24,28)(H2,21,23,26,27). The Morgan fingerprint density at radius 2 is 1.90 bits per heavy atom. The molecule has 0 saturated carbocycles. The summed E-state index contributed by atoms with van der Waals surface area (Å²) < 4.78 is 6.61. The number of hydrogen-bond acceptors (Lipinski definition) is 7. The van der Waals surface area contributed by atoms with Crippen molar-refractivity contribution in [2.45, 2.75) is 17.8 Å². The Hall–Kier alpha value is -3.31. The van der Waals surface area contributed by atoms with Crippen LogP contribution in [-0.2, 0) is 5.75 Å². The lowest BCUT2D eigenvalue weighted by Crippen LogP contribution is -2.24. The van der Waals surface area contributed by atoms with Crippen molar-refractivity contribution in [2.75, 3.05) is 6.61 Å². The van der Waals surface area contributed by atoms with Crippen LogP contribution in [0.5, 0.6) is 5.75 Å². The number of aromatic nitrogens is 6. The van der Waals surface area contributed by atoms with Crippen LogP contribution >= 0.6 is 23.4 Å². The molecule has 0 spiro atoms. The molecule has 10 nitrogen and oxygen atoms in total. The van der Waals surface area contributed by atoms with Crippen molar-refractivity contribution in [3.05, 3.63) is 72.5 Å². The van der Waals surface area contributed by atoms with E-state index in [1.807, 2.05) is 36.2 Å². The van der Waals surface area contributed by atoms with Gasteiger partial charge in [0.1, 0.15) is 10.8 Å². The van der Waals surface area contributed by atoms with Gasteiger partial charge in [-0.3, -0.25) is 14.8 Å². The predicted molar refractivity (Wildman–Crippen MR) is 112 cm³/mol. The van der Waals surface area contributed by atoms with Gasteiger partial charge in [-0.25, -0.2) is 14.6 Å². The average molecular weight is 447 g/mol. The number of nitrogens with zero attached hydrogens (tertiary/aromatic N) is 3. The van der Waals surface area contributed by atoms with Gasteiger partial charge in [-0.15, -0.1) is 0 Å². The van der Waals surface area contributed by atoms with E-state index in [-0.39, 0.29) is 21.6 Å². The van der Waals surface area contributed by atoms with E-state index in [0.717, 1.165) is 27.6 Å². The summed E-state index contributed by atoms with van der Waals surface area (Å²) in [7, 11) is 0. The minimum Gasteiger partial charge on any atom is -0.494 e. The molecule has 0 fully saturated rings. The van der Waals surface area contributed by atoms with Crippen LogP contribution in [0.4, 0.5) is 0 Å². The molecule has 3 aromatic heterocycles. The van der Waals surface area contributed by atoms with Gasteiger partial charge in [-0.05, 0) is 24.6 Å². The molecule has 0 amide bonds. The van der Waals surface area contributed by atoms with Gasteiger partial charge in [0, 0.05) is 11.3 Å². The summed E-state index contributed by atoms with van der Waals surface area (Å²) in [6.45, 7) is 2.47. The third-order valence-electron chi connectivity index (χ3n) is 4.14. The summed E-state index contributed by atoms with van der Waals surface area (Å²) in [5.41, 5.74) is 0.296. The van der Waals surface area contributed by atoms with Crippen molar-refractivity contribution in [1.82, 2.24) is 29.5 Å². The number of hydrogen-bond donors (Lipinski definition) is 3. The van der Waals surface area contributed by atoms with Gasteiger partial charge in [-0.2, -0.15) is 9.61 Å². The number of benzene rings is 1. The number of aromatic amines is 3. The smallest absolute Gasteiger partial charge is 0.350 e. The van der Waals surface area contributed by atoms with Gasteiger partial charge in [0.2, 0.25) is 0 Å². The molecule has 154 valence electrons. The molecular formula is C18H15ClN6O4S. The van der Waals surface area contributed by atoms with Crippen molar-refractivity contribution in [1.29, 1.82) is 0 Å². The van der Waals surface area contributed by atoms with Crippen molar-refractivity contribution in [3.8, 4) is 16.9 Å². The Morgan fingerprint density at radius 3 is 2.63 bits per heavy atom. The number of rotatable bonds is 6.